The summed E-state index contributed by atoms with van der Waals surface area (Å²) in [5.74, 6) is 0.0224. The fourth-order valence-corrected chi connectivity index (χ4v) is 3.52. The Labute approximate surface area is 149 Å². The monoisotopic (exact) mass is 362 g/mol. The molecule has 1 atom stereocenters. The quantitative estimate of drug-likeness (QED) is 0.842. The Kier molecular flexibility index (Phi) is 5.21. The standard InChI is InChI=1S/C18H19ClN2O2S/c1-24(23)17-7-5-14(6-8-17)18(22)21-11-9-20(10-12-21)16-4-2-3-15(19)13-16/h2-8,13H,9-12H2,1H3. The molecule has 0 radical (unpaired) electrons. The van der Waals surface area contributed by atoms with Gasteiger partial charge in [0.05, 0.1) is 0 Å². The minimum atomic E-state index is -1.03. The van der Waals surface area contributed by atoms with E-state index in [1.807, 2.05) is 29.2 Å². The Hall–Kier alpha value is -1.85. The van der Waals surface area contributed by atoms with E-state index in [0.29, 0.717) is 18.7 Å². The van der Waals surface area contributed by atoms with Crippen molar-refractivity contribution in [1.82, 2.24) is 4.90 Å². The Morgan fingerprint density at radius 3 is 2.29 bits per heavy atom. The molecule has 0 bridgehead atoms. The lowest BCUT2D eigenvalue weighted by molar-refractivity contribution is 0.0746. The van der Waals surface area contributed by atoms with E-state index in [1.165, 1.54) is 0 Å². The molecule has 0 saturated carbocycles. The fraction of sp³-hybridized carbons (Fsp3) is 0.278. The molecule has 24 heavy (non-hydrogen) atoms. The van der Waals surface area contributed by atoms with Gasteiger partial charge in [0, 0.05) is 64.4 Å². The predicted molar refractivity (Wildman–Crippen MR) is 98.3 cm³/mol. The lowest BCUT2D eigenvalue weighted by atomic mass is 10.1. The summed E-state index contributed by atoms with van der Waals surface area (Å²) in [4.78, 5) is 17.4. The molecule has 0 N–H and O–H groups in total. The fourth-order valence-electron chi connectivity index (χ4n) is 2.81. The largest absolute Gasteiger partial charge is 0.368 e. The smallest absolute Gasteiger partial charge is 0.253 e. The molecule has 6 heteroatoms. The lowest BCUT2D eigenvalue weighted by Gasteiger charge is -2.36. The number of hydrogen-bond acceptors (Lipinski definition) is 3. The number of piperazine rings is 1. The molecule has 126 valence electrons. The highest BCUT2D eigenvalue weighted by atomic mass is 35.5. The zero-order valence-electron chi connectivity index (χ0n) is 13.4. The van der Waals surface area contributed by atoms with Crippen LogP contribution in [0.4, 0.5) is 5.69 Å². The number of carbonyl (C=O) groups excluding carboxylic acids is 1. The molecule has 3 rings (SSSR count). The van der Waals surface area contributed by atoms with Crippen molar-refractivity contribution in [2.75, 3.05) is 37.3 Å². The molecule has 2 aromatic carbocycles. The van der Waals surface area contributed by atoms with Crippen LogP contribution in [0.5, 0.6) is 0 Å². The number of anilines is 1. The molecular formula is C18H19ClN2O2S. The summed E-state index contributed by atoms with van der Waals surface area (Å²) in [6, 6.07) is 14.8. The number of amides is 1. The van der Waals surface area contributed by atoms with Crippen molar-refractivity contribution in [3.63, 3.8) is 0 Å². The number of carbonyl (C=O) groups is 1. The molecule has 4 nitrogen and oxygen atoms in total. The Bertz CT molecular complexity index is 756. The van der Waals surface area contributed by atoms with E-state index in [9.17, 15) is 9.00 Å². The van der Waals surface area contributed by atoms with Crippen LogP contribution >= 0.6 is 11.6 Å². The van der Waals surface area contributed by atoms with Gasteiger partial charge in [-0.2, -0.15) is 0 Å². The number of nitrogens with zero attached hydrogens (tertiary/aromatic N) is 2. The second-order valence-corrected chi connectivity index (χ2v) is 7.55. The highest BCUT2D eigenvalue weighted by Gasteiger charge is 2.22. The van der Waals surface area contributed by atoms with Gasteiger partial charge in [0.25, 0.3) is 5.91 Å². The summed E-state index contributed by atoms with van der Waals surface area (Å²) in [6.07, 6.45) is 1.63. The van der Waals surface area contributed by atoms with E-state index >= 15 is 0 Å². The Morgan fingerprint density at radius 1 is 1.04 bits per heavy atom. The van der Waals surface area contributed by atoms with Gasteiger partial charge in [-0.15, -0.1) is 0 Å². The molecule has 1 saturated heterocycles. The van der Waals surface area contributed by atoms with Crippen molar-refractivity contribution in [3.8, 4) is 0 Å². The molecule has 2 aromatic rings. The molecule has 1 unspecified atom stereocenters. The molecule has 1 heterocycles. The van der Waals surface area contributed by atoms with Gasteiger partial charge in [-0.1, -0.05) is 17.7 Å². The summed E-state index contributed by atoms with van der Waals surface area (Å²) in [5.41, 5.74) is 1.73. The van der Waals surface area contributed by atoms with E-state index in [-0.39, 0.29) is 5.91 Å². The first-order valence-electron chi connectivity index (χ1n) is 7.78. The first kappa shape index (κ1) is 17.0. The van der Waals surface area contributed by atoms with Crippen LogP contribution in [0.15, 0.2) is 53.4 Å². The van der Waals surface area contributed by atoms with E-state index in [1.54, 1.807) is 30.5 Å². The number of benzene rings is 2. The van der Waals surface area contributed by atoms with Gasteiger partial charge in [-0.3, -0.25) is 9.00 Å². The summed E-state index contributed by atoms with van der Waals surface area (Å²) < 4.78 is 11.4. The summed E-state index contributed by atoms with van der Waals surface area (Å²) in [7, 11) is -1.03. The summed E-state index contributed by atoms with van der Waals surface area (Å²) >= 11 is 6.05. The van der Waals surface area contributed by atoms with Gasteiger partial charge in [0.1, 0.15) is 0 Å². The van der Waals surface area contributed by atoms with Crippen molar-refractivity contribution < 1.29 is 9.00 Å². The Morgan fingerprint density at radius 2 is 1.71 bits per heavy atom. The maximum Gasteiger partial charge on any atom is 0.253 e. The van der Waals surface area contributed by atoms with E-state index in [0.717, 1.165) is 28.7 Å². The zero-order chi connectivity index (χ0) is 17.1. The van der Waals surface area contributed by atoms with Crippen molar-refractivity contribution >= 4 is 34.0 Å². The van der Waals surface area contributed by atoms with Gasteiger partial charge in [0.2, 0.25) is 0 Å². The first-order valence-corrected chi connectivity index (χ1v) is 9.71. The third-order valence-electron chi connectivity index (χ3n) is 4.17. The average Bonchev–Trinajstić information content (AvgIpc) is 2.61. The number of halogens is 1. The van der Waals surface area contributed by atoms with Crippen LogP contribution in [0.1, 0.15) is 10.4 Å². The van der Waals surface area contributed by atoms with Gasteiger partial charge < -0.3 is 9.80 Å². The molecular weight excluding hydrogens is 344 g/mol. The highest BCUT2D eigenvalue weighted by molar-refractivity contribution is 7.84. The summed E-state index contributed by atoms with van der Waals surface area (Å²) in [6.45, 7) is 2.91. The number of rotatable bonds is 3. The highest BCUT2D eigenvalue weighted by Crippen LogP contribution is 2.21. The van der Waals surface area contributed by atoms with Crippen LogP contribution in [0.3, 0.4) is 0 Å². The van der Waals surface area contributed by atoms with Crippen LogP contribution in [0, 0.1) is 0 Å². The Balaban J connectivity index is 1.63. The van der Waals surface area contributed by atoms with E-state index in [2.05, 4.69) is 4.90 Å². The van der Waals surface area contributed by atoms with Gasteiger partial charge >= 0.3 is 0 Å². The molecule has 0 spiro atoms. The minimum Gasteiger partial charge on any atom is -0.368 e. The van der Waals surface area contributed by atoms with Crippen molar-refractivity contribution in [2.45, 2.75) is 4.90 Å². The molecule has 0 aromatic heterocycles. The molecule has 1 aliphatic heterocycles. The van der Waals surface area contributed by atoms with Gasteiger partial charge in [-0.05, 0) is 42.5 Å². The third-order valence-corrected chi connectivity index (χ3v) is 5.34. The first-order chi connectivity index (χ1) is 11.5. The molecule has 0 aliphatic carbocycles. The normalized spacial score (nSPS) is 16.1. The zero-order valence-corrected chi connectivity index (χ0v) is 15.0. The second-order valence-electron chi connectivity index (χ2n) is 5.74. The van der Waals surface area contributed by atoms with E-state index in [4.69, 9.17) is 11.6 Å². The van der Waals surface area contributed by atoms with Crippen LogP contribution in [0.2, 0.25) is 5.02 Å². The SMILES string of the molecule is CS(=O)c1ccc(C(=O)N2CCN(c3cccc(Cl)c3)CC2)cc1. The summed E-state index contributed by atoms with van der Waals surface area (Å²) in [5, 5.41) is 0.722. The van der Waals surface area contributed by atoms with Crippen molar-refractivity contribution in [2.24, 2.45) is 0 Å². The molecule has 1 fully saturated rings. The van der Waals surface area contributed by atoms with E-state index < -0.39 is 10.8 Å². The van der Waals surface area contributed by atoms with Crippen LogP contribution < -0.4 is 4.90 Å². The lowest BCUT2D eigenvalue weighted by Crippen LogP contribution is -2.48. The maximum atomic E-state index is 12.6. The number of hydrogen-bond donors (Lipinski definition) is 0. The van der Waals surface area contributed by atoms with Gasteiger partial charge in [0.15, 0.2) is 0 Å². The average molecular weight is 363 g/mol. The van der Waals surface area contributed by atoms with Gasteiger partial charge in [-0.25, -0.2) is 0 Å². The second kappa shape index (κ2) is 7.36. The van der Waals surface area contributed by atoms with Crippen molar-refractivity contribution in [3.05, 3.63) is 59.1 Å². The minimum absolute atomic E-state index is 0.0224. The molecule has 1 amide bonds. The van der Waals surface area contributed by atoms with Crippen LogP contribution in [0.25, 0.3) is 0 Å². The third kappa shape index (κ3) is 3.79. The maximum absolute atomic E-state index is 12.6. The topological polar surface area (TPSA) is 40.6 Å². The van der Waals surface area contributed by atoms with Crippen LogP contribution in [-0.4, -0.2) is 47.5 Å². The predicted octanol–water partition coefficient (Wildman–Crippen LogP) is 3.04. The van der Waals surface area contributed by atoms with Crippen molar-refractivity contribution in [1.29, 1.82) is 0 Å². The van der Waals surface area contributed by atoms with Crippen LogP contribution in [-0.2, 0) is 10.8 Å². The molecule has 1 aliphatic rings.